The number of hydrogen-bond donors (Lipinski definition) is 2. The van der Waals surface area contributed by atoms with Crippen molar-refractivity contribution in [1.29, 1.82) is 0 Å². The van der Waals surface area contributed by atoms with Crippen LogP contribution >= 0.6 is 0 Å². The van der Waals surface area contributed by atoms with Gasteiger partial charge in [0, 0.05) is 31.7 Å². The van der Waals surface area contributed by atoms with E-state index in [1.807, 2.05) is 16.4 Å². The minimum Gasteiger partial charge on any atom is -0.507 e. The molecule has 0 radical (unpaired) electrons. The summed E-state index contributed by atoms with van der Waals surface area (Å²) in [5.74, 6) is 0.581. The van der Waals surface area contributed by atoms with Crippen molar-refractivity contribution in [3.63, 3.8) is 0 Å². The summed E-state index contributed by atoms with van der Waals surface area (Å²) in [6.45, 7) is 3.44. The zero-order valence-corrected chi connectivity index (χ0v) is 24.1. The van der Waals surface area contributed by atoms with Crippen LogP contribution in [-0.2, 0) is 17.8 Å². The second-order valence-corrected chi connectivity index (χ2v) is 12.8. The van der Waals surface area contributed by atoms with Crippen LogP contribution in [0.2, 0.25) is 0 Å². The summed E-state index contributed by atoms with van der Waals surface area (Å²) in [4.78, 5) is 52.6. The van der Waals surface area contributed by atoms with Gasteiger partial charge in [-0.2, -0.15) is 14.6 Å². The molecule has 0 atom stereocenters. The molecule has 13 heteroatoms. The Bertz CT molecular complexity index is 1820. The number of phenolic OH excluding ortho intramolecular Hbond substituents is 1. The minimum absolute atomic E-state index is 0.0513. The minimum atomic E-state index is -0.358. The molecule has 3 aromatic heterocycles. The Labute approximate surface area is 246 Å². The van der Waals surface area contributed by atoms with Crippen LogP contribution in [0.3, 0.4) is 0 Å². The fraction of sp³-hybridized carbons (Fsp3) is 0.533. The molecular formula is C30H34N8O5. The van der Waals surface area contributed by atoms with E-state index in [0.717, 1.165) is 25.2 Å². The Morgan fingerprint density at radius 1 is 1.12 bits per heavy atom. The number of nitrogens with zero attached hydrogens (tertiary/aromatic N) is 7. The third-order valence-electron chi connectivity index (χ3n) is 10.4. The molecule has 9 rings (SSSR count). The van der Waals surface area contributed by atoms with Crippen molar-refractivity contribution in [1.82, 2.24) is 34.4 Å². The lowest BCUT2D eigenvalue weighted by Crippen LogP contribution is -2.77. The predicted molar refractivity (Wildman–Crippen MR) is 155 cm³/mol. The van der Waals surface area contributed by atoms with E-state index in [9.17, 15) is 19.5 Å². The highest BCUT2D eigenvalue weighted by Gasteiger charge is 2.71. The van der Waals surface area contributed by atoms with Gasteiger partial charge in [-0.15, -0.1) is 0 Å². The molecule has 43 heavy (non-hydrogen) atoms. The highest BCUT2D eigenvalue weighted by Crippen LogP contribution is 2.73. The van der Waals surface area contributed by atoms with Gasteiger partial charge in [0.1, 0.15) is 35.4 Å². The second-order valence-electron chi connectivity index (χ2n) is 12.8. The monoisotopic (exact) mass is 586 g/mol. The summed E-state index contributed by atoms with van der Waals surface area (Å²) in [6, 6.07) is 3.04. The number of piperazine rings is 1. The van der Waals surface area contributed by atoms with E-state index in [1.54, 1.807) is 11.0 Å². The topological polar surface area (TPSA) is 151 Å². The molecular weight excluding hydrogens is 552 g/mol. The smallest absolute Gasteiger partial charge is 0.299 e. The van der Waals surface area contributed by atoms with Crippen LogP contribution < -0.4 is 15.8 Å². The first kappa shape index (κ1) is 26.2. The first-order valence-electron chi connectivity index (χ1n) is 15.2. The van der Waals surface area contributed by atoms with E-state index < -0.39 is 0 Å². The molecule has 4 aliphatic carbocycles. The lowest BCUT2D eigenvalue weighted by Gasteiger charge is -2.74. The predicted octanol–water partition coefficient (Wildman–Crippen LogP) is 2.10. The third kappa shape index (κ3) is 3.82. The normalized spacial score (nSPS) is 25.0. The van der Waals surface area contributed by atoms with Gasteiger partial charge in [0.2, 0.25) is 11.7 Å². The first-order chi connectivity index (χ1) is 20.8. The molecule has 1 aromatic carbocycles. The highest BCUT2D eigenvalue weighted by atomic mass is 16.3. The highest BCUT2D eigenvalue weighted by molar-refractivity contribution is 6.06. The zero-order valence-electron chi connectivity index (χ0n) is 24.1. The number of benzene rings is 1. The molecule has 4 aromatic rings. The molecule has 1 aliphatic heterocycles. The number of carbonyl (C=O) groups excluding carboxylic acids is 2. The molecule has 224 valence electrons. The van der Waals surface area contributed by atoms with E-state index in [1.165, 1.54) is 42.6 Å². The summed E-state index contributed by atoms with van der Waals surface area (Å²) in [5.41, 5.74) is 2.10. The summed E-state index contributed by atoms with van der Waals surface area (Å²) in [6.07, 6.45) is 10.3. The van der Waals surface area contributed by atoms with Crippen LogP contribution in [-0.4, -0.2) is 77.7 Å². The molecule has 4 saturated carbocycles. The van der Waals surface area contributed by atoms with Crippen LogP contribution in [0.4, 0.5) is 5.69 Å². The maximum atomic E-state index is 13.7. The fourth-order valence-corrected chi connectivity index (χ4v) is 8.22. The summed E-state index contributed by atoms with van der Waals surface area (Å²) in [5, 5.41) is 18.0. The Kier molecular flexibility index (Phi) is 5.66. The van der Waals surface area contributed by atoms with E-state index in [4.69, 9.17) is 4.42 Å². The van der Waals surface area contributed by atoms with Crippen LogP contribution in [0.25, 0.3) is 16.9 Å². The average molecular weight is 587 g/mol. The van der Waals surface area contributed by atoms with E-state index in [-0.39, 0.29) is 46.4 Å². The Hall–Kier alpha value is -4.42. The quantitative estimate of drug-likeness (QED) is 0.332. The van der Waals surface area contributed by atoms with Gasteiger partial charge in [-0.1, -0.05) is 13.3 Å². The molecule has 5 aliphatic rings. The maximum Gasteiger partial charge on any atom is 0.299 e. The number of aromatic nitrogens is 5. The standard InChI is InChI=1S/C30H34N8O5/c1-2-20-24(35-8-10-36(11-9-35)26(41)23-21(39)7-6-19-25(23)43-17-32-19)27(42)38-28(31-16-33-38)37(20)12-22(40)34-30-13-29(14-30,15-30)18-4-3-5-18/h6-7,16-18,39H,2-5,8-15H2,1H3,(H,34,40). The molecule has 4 heterocycles. The lowest BCUT2D eigenvalue weighted by atomic mass is 9.33. The largest absolute Gasteiger partial charge is 0.507 e. The third-order valence-corrected chi connectivity index (χ3v) is 10.4. The number of fused-ring (bicyclic) bond motifs is 2. The Morgan fingerprint density at radius 2 is 1.88 bits per heavy atom. The molecule has 2 amide bonds. The molecule has 2 bridgehead atoms. The molecule has 2 N–H and O–H groups in total. The van der Waals surface area contributed by atoms with Gasteiger partial charge in [0.15, 0.2) is 12.0 Å². The van der Waals surface area contributed by atoms with Gasteiger partial charge in [0.05, 0.1) is 5.69 Å². The van der Waals surface area contributed by atoms with Crippen molar-refractivity contribution >= 4 is 34.4 Å². The Morgan fingerprint density at radius 3 is 2.58 bits per heavy atom. The van der Waals surface area contributed by atoms with Crippen LogP contribution in [0.15, 0.2) is 34.1 Å². The van der Waals surface area contributed by atoms with Crippen LogP contribution in [0, 0.1) is 11.3 Å². The van der Waals surface area contributed by atoms with E-state index in [2.05, 4.69) is 20.4 Å². The number of amides is 2. The number of oxazole rings is 1. The van der Waals surface area contributed by atoms with Crippen LogP contribution in [0.5, 0.6) is 5.75 Å². The molecule has 0 spiro atoms. The number of phenols is 1. The molecule has 13 nitrogen and oxygen atoms in total. The maximum absolute atomic E-state index is 13.7. The van der Waals surface area contributed by atoms with Gasteiger partial charge in [-0.05, 0) is 62.0 Å². The second kappa shape index (κ2) is 9.29. The summed E-state index contributed by atoms with van der Waals surface area (Å²) >= 11 is 0. The summed E-state index contributed by atoms with van der Waals surface area (Å²) in [7, 11) is 0. The number of nitrogens with one attached hydrogen (secondary N) is 1. The van der Waals surface area contributed by atoms with Crippen molar-refractivity contribution in [2.24, 2.45) is 11.3 Å². The molecule has 1 saturated heterocycles. The Balaban J connectivity index is 1.03. The molecule has 5 fully saturated rings. The van der Waals surface area contributed by atoms with Gasteiger partial charge < -0.3 is 29.2 Å². The van der Waals surface area contributed by atoms with E-state index in [0.29, 0.717) is 60.7 Å². The number of rotatable bonds is 7. The summed E-state index contributed by atoms with van der Waals surface area (Å²) < 4.78 is 8.47. The van der Waals surface area contributed by atoms with Gasteiger partial charge >= 0.3 is 0 Å². The SMILES string of the molecule is CCc1c(N2CCN(C(=O)c3c(O)ccc4ncoc34)CC2)c(=O)n2ncnc2n1CC(=O)NC12CC(C3CCC3)(C1)C2. The van der Waals surface area contributed by atoms with Crippen molar-refractivity contribution in [2.45, 2.75) is 64.0 Å². The van der Waals surface area contributed by atoms with Crippen molar-refractivity contribution in [3.05, 3.63) is 46.5 Å². The first-order valence-corrected chi connectivity index (χ1v) is 15.2. The van der Waals surface area contributed by atoms with Crippen molar-refractivity contribution in [3.8, 4) is 5.75 Å². The zero-order chi connectivity index (χ0) is 29.5. The van der Waals surface area contributed by atoms with Crippen molar-refractivity contribution in [2.75, 3.05) is 31.1 Å². The van der Waals surface area contributed by atoms with Gasteiger partial charge in [0.25, 0.3) is 11.5 Å². The van der Waals surface area contributed by atoms with E-state index >= 15 is 0 Å². The number of anilines is 1. The average Bonchev–Trinajstić information content (AvgIpc) is 3.61. The van der Waals surface area contributed by atoms with Crippen LogP contribution in [0.1, 0.15) is 61.5 Å². The number of aromatic hydroxyl groups is 1. The number of carbonyl (C=O) groups is 2. The van der Waals surface area contributed by atoms with Gasteiger partial charge in [-0.25, -0.2) is 4.98 Å². The number of hydrogen-bond acceptors (Lipinski definition) is 9. The fourth-order valence-electron chi connectivity index (χ4n) is 8.22. The molecule has 0 unspecified atom stereocenters. The van der Waals surface area contributed by atoms with Gasteiger partial charge in [-0.3, -0.25) is 14.4 Å². The van der Waals surface area contributed by atoms with Crippen molar-refractivity contribution < 1.29 is 19.1 Å². The lowest BCUT2D eigenvalue weighted by molar-refractivity contribution is -0.208.